The number of sulfone groups is 1. The summed E-state index contributed by atoms with van der Waals surface area (Å²) in [5.41, 5.74) is 1.45. The van der Waals surface area contributed by atoms with Crippen molar-refractivity contribution in [3.63, 3.8) is 0 Å². The molecule has 3 rings (SSSR count). The number of nitrogens with one attached hydrogen (secondary N) is 1. The lowest BCUT2D eigenvalue weighted by Crippen LogP contribution is -2.35. The highest BCUT2D eigenvalue weighted by molar-refractivity contribution is 7.95. The molecular formula is C13H14ClNO2S. The molecule has 0 spiro atoms. The zero-order chi connectivity index (χ0) is 12.8. The monoisotopic (exact) mass is 283 g/mol. The number of halogens is 1. The fourth-order valence-electron chi connectivity index (χ4n) is 2.36. The molecule has 0 atom stereocenters. The molecule has 18 heavy (non-hydrogen) atoms. The molecule has 3 nitrogen and oxygen atoms in total. The molecule has 96 valence electrons. The van der Waals surface area contributed by atoms with E-state index in [1.54, 1.807) is 18.2 Å². The lowest BCUT2D eigenvalue weighted by atomic mass is 9.93. The van der Waals surface area contributed by atoms with Crippen molar-refractivity contribution in [1.29, 1.82) is 0 Å². The fourth-order valence-corrected chi connectivity index (χ4v) is 4.21. The summed E-state index contributed by atoms with van der Waals surface area (Å²) < 4.78 is 24.0. The topological polar surface area (TPSA) is 46.2 Å². The lowest BCUT2D eigenvalue weighted by Gasteiger charge is -2.26. The Labute approximate surface area is 112 Å². The molecule has 0 unspecified atom stereocenters. The van der Waals surface area contributed by atoms with E-state index < -0.39 is 9.84 Å². The van der Waals surface area contributed by atoms with Crippen molar-refractivity contribution in [3.05, 3.63) is 34.2 Å². The quantitative estimate of drug-likeness (QED) is 0.927. The van der Waals surface area contributed by atoms with Crippen LogP contribution in [0.2, 0.25) is 5.02 Å². The maximum atomic E-state index is 12.0. The third kappa shape index (κ3) is 1.98. The van der Waals surface area contributed by atoms with Crippen LogP contribution in [0.1, 0.15) is 24.8 Å². The van der Waals surface area contributed by atoms with E-state index in [1.807, 2.05) is 0 Å². The smallest absolute Gasteiger partial charge is 0.200 e. The van der Waals surface area contributed by atoms with E-state index >= 15 is 0 Å². The van der Waals surface area contributed by atoms with Crippen LogP contribution in [0, 0.1) is 0 Å². The Bertz CT molecular complexity index is 618. The summed E-state index contributed by atoms with van der Waals surface area (Å²) >= 11 is 6.12. The minimum atomic E-state index is -3.30. The van der Waals surface area contributed by atoms with Gasteiger partial charge in [0.2, 0.25) is 9.84 Å². The van der Waals surface area contributed by atoms with Crippen molar-refractivity contribution >= 4 is 27.0 Å². The molecule has 0 saturated heterocycles. The lowest BCUT2D eigenvalue weighted by molar-refractivity contribution is 0.353. The third-order valence-corrected chi connectivity index (χ3v) is 5.45. The van der Waals surface area contributed by atoms with Crippen LogP contribution in [-0.2, 0) is 9.84 Å². The average molecular weight is 284 g/mol. The molecule has 0 aromatic heterocycles. The Morgan fingerprint density at radius 2 is 2.11 bits per heavy atom. The van der Waals surface area contributed by atoms with Gasteiger partial charge in [-0.25, -0.2) is 8.42 Å². The summed E-state index contributed by atoms with van der Waals surface area (Å²) in [6, 6.07) is 5.55. The van der Waals surface area contributed by atoms with Gasteiger partial charge in [0.1, 0.15) is 0 Å². The normalized spacial score (nSPS) is 21.3. The summed E-state index contributed by atoms with van der Waals surface area (Å²) in [7, 11) is -3.30. The zero-order valence-corrected chi connectivity index (χ0v) is 11.4. The van der Waals surface area contributed by atoms with Crippen LogP contribution in [0.25, 0.3) is 5.57 Å². The van der Waals surface area contributed by atoms with Crippen LogP contribution in [0.5, 0.6) is 0 Å². The summed E-state index contributed by atoms with van der Waals surface area (Å²) in [6.07, 6.45) is 3.61. The predicted molar refractivity (Wildman–Crippen MR) is 72.3 cm³/mol. The number of benzene rings is 1. The molecule has 1 heterocycles. The van der Waals surface area contributed by atoms with Gasteiger partial charge in [-0.15, -0.1) is 0 Å². The van der Waals surface area contributed by atoms with E-state index in [4.69, 9.17) is 11.6 Å². The Morgan fingerprint density at radius 3 is 2.78 bits per heavy atom. The number of hydrogen-bond acceptors (Lipinski definition) is 3. The van der Waals surface area contributed by atoms with Gasteiger partial charge in [0, 0.05) is 28.6 Å². The van der Waals surface area contributed by atoms with Gasteiger partial charge in [-0.1, -0.05) is 24.1 Å². The SMILES string of the molecule is O=S1(=O)C=C(CNC2CCC2)c2c(Cl)cccc21. The second-order valence-corrected chi connectivity index (χ2v) is 6.98. The van der Waals surface area contributed by atoms with Gasteiger partial charge >= 0.3 is 0 Å². The van der Waals surface area contributed by atoms with Crippen LogP contribution in [0.15, 0.2) is 28.5 Å². The number of fused-ring (bicyclic) bond motifs is 1. The highest BCUT2D eigenvalue weighted by atomic mass is 35.5. The first kappa shape index (κ1) is 12.2. The molecule has 1 saturated carbocycles. The Kier molecular flexibility index (Phi) is 2.96. The predicted octanol–water partition coefficient (Wildman–Crippen LogP) is 2.61. The summed E-state index contributed by atoms with van der Waals surface area (Å²) in [4.78, 5) is 0.334. The molecule has 1 aliphatic carbocycles. The summed E-state index contributed by atoms with van der Waals surface area (Å²) in [6.45, 7) is 0.570. The number of hydrogen-bond donors (Lipinski definition) is 1. The van der Waals surface area contributed by atoms with Gasteiger partial charge in [0.15, 0.2) is 0 Å². The molecule has 2 aliphatic rings. The minimum absolute atomic E-state index is 0.334. The average Bonchev–Trinajstić information content (AvgIpc) is 2.50. The van der Waals surface area contributed by atoms with Gasteiger partial charge in [0.25, 0.3) is 0 Å². The Morgan fingerprint density at radius 1 is 1.33 bits per heavy atom. The van der Waals surface area contributed by atoms with Crippen LogP contribution in [0.4, 0.5) is 0 Å². The van der Waals surface area contributed by atoms with E-state index in [0.717, 1.165) is 5.57 Å². The van der Waals surface area contributed by atoms with E-state index in [1.165, 1.54) is 24.7 Å². The molecule has 1 aromatic carbocycles. The molecule has 1 fully saturated rings. The maximum Gasteiger partial charge on any atom is 0.200 e. The first-order chi connectivity index (χ1) is 8.58. The molecule has 1 aliphatic heterocycles. The van der Waals surface area contributed by atoms with Crippen molar-refractivity contribution in [1.82, 2.24) is 5.32 Å². The van der Waals surface area contributed by atoms with Crippen molar-refractivity contribution in [2.24, 2.45) is 0 Å². The fraction of sp³-hybridized carbons (Fsp3) is 0.385. The van der Waals surface area contributed by atoms with E-state index in [-0.39, 0.29) is 0 Å². The van der Waals surface area contributed by atoms with E-state index in [9.17, 15) is 8.42 Å². The van der Waals surface area contributed by atoms with Crippen molar-refractivity contribution < 1.29 is 8.42 Å². The van der Waals surface area contributed by atoms with Crippen LogP contribution in [0.3, 0.4) is 0 Å². The van der Waals surface area contributed by atoms with E-state index in [0.29, 0.717) is 28.1 Å². The van der Waals surface area contributed by atoms with Crippen LogP contribution in [-0.4, -0.2) is 21.0 Å². The zero-order valence-electron chi connectivity index (χ0n) is 9.82. The van der Waals surface area contributed by atoms with Gasteiger partial charge < -0.3 is 5.32 Å². The largest absolute Gasteiger partial charge is 0.310 e. The van der Waals surface area contributed by atoms with E-state index in [2.05, 4.69) is 5.32 Å². The van der Waals surface area contributed by atoms with Crippen molar-refractivity contribution in [2.45, 2.75) is 30.2 Å². The highest BCUT2D eigenvalue weighted by Gasteiger charge is 2.29. The van der Waals surface area contributed by atoms with Gasteiger partial charge in [-0.2, -0.15) is 0 Å². The third-order valence-electron chi connectivity index (χ3n) is 3.59. The number of rotatable bonds is 3. The highest BCUT2D eigenvalue weighted by Crippen LogP contribution is 2.37. The molecule has 0 bridgehead atoms. The second-order valence-electron chi connectivity index (χ2n) is 4.81. The minimum Gasteiger partial charge on any atom is -0.310 e. The standard InChI is InChI=1S/C13H14ClNO2S/c14-11-5-2-6-12-13(11)9(8-18(12,16)17)7-15-10-3-1-4-10/h2,5-6,8,10,15H,1,3-4,7H2. The van der Waals surface area contributed by atoms with Gasteiger partial charge in [0.05, 0.1) is 4.90 Å². The van der Waals surface area contributed by atoms with Crippen LogP contribution < -0.4 is 5.32 Å². The molecule has 1 aromatic rings. The van der Waals surface area contributed by atoms with Crippen LogP contribution >= 0.6 is 11.6 Å². The first-order valence-electron chi connectivity index (χ1n) is 6.06. The molecule has 1 N–H and O–H groups in total. The molecule has 5 heteroatoms. The Balaban J connectivity index is 1.92. The van der Waals surface area contributed by atoms with Gasteiger partial charge in [-0.05, 0) is 30.5 Å². The second kappa shape index (κ2) is 4.37. The molecule has 0 radical (unpaired) electrons. The first-order valence-corrected chi connectivity index (χ1v) is 7.98. The van der Waals surface area contributed by atoms with Crippen molar-refractivity contribution in [2.75, 3.05) is 6.54 Å². The molecular weight excluding hydrogens is 270 g/mol. The molecule has 0 amide bonds. The van der Waals surface area contributed by atoms with Crippen molar-refractivity contribution in [3.8, 4) is 0 Å². The van der Waals surface area contributed by atoms with Gasteiger partial charge in [-0.3, -0.25) is 0 Å². The summed E-state index contributed by atoms with van der Waals surface area (Å²) in [5.74, 6) is 0. The Hall–Kier alpha value is -0.840. The maximum absolute atomic E-state index is 12.0. The summed E-state index contributed by atoms with van der Waals surface area (Å²) in [5, 5.41) is 5.23.